The number of nitrogens with zero attached hydrogens (tertiary/aromatic N) is 1. The van der Waals surface area contributed by atoms with Crippen LogP contribution in [0.5, 0.6) is 0 Å². The van der Waals surface area contributed by atoms with Gasteiger partial charge in [0.15, 0.2) is 0 Å². The standard InChI is InChI=1S/C16H22N2O2/c1-12(20-9-8-16(2,3)4)15(19)18-14-7-5-6-13(10-14)11-17/h5-7,10,12H,8-9H2,1-4H3,(H,18,19). The van der Waals surface area contributed by atoms with Crippen molar-refractivity contribution >= 4 is 11.6 Å². The maximum atomic E-state index is 11.9. The number of hydrogen-bond acceptors (Lipinski definition) is 3. The fraction of sp³-hybridized carbons (Fsp3) is 0.500. The summed E-state index contributed by atoms with van der Waals surface area (Å²) in [7, 11) is 0. The summed E-state index contributed by atoms with van der Waals surface area (Å²) in [6.07, 6.45) is 0.386. The molecule has 1 N–H and O–H groups in total. The van der Waals surface area contributed by atoms with E-state index in [4.69, 9.17) is 10.00 Å². The lowest BCUT2D eigenvalue weighted by molar-refractivity contribution is -0.126. The van der Waals surface area contributed by atoms with Gasteiger partial charge in [-0.1, -0.05) is 26.8 Å². The second kappa shape index (κ2) is 7.06. The van der Waals surface area contributed by atoms with Crippen molar-refractivity contribution in [2.75, 3.05) is 11.9 Å². The van der Waals surface area contributed by atoms with Gasteiger partial charge in [-0.3, -0.25) is 4.79 Å². The molecule has 0 saturated carbocycles. The summed E-state index contributed by atoms with van der Waals surface area (Å²) < 4.78 is 5.53. The molecule has 0 spiro atoms. The summed E-state index contributed by atoms with van der Waals surface area (Å²) in [4.78, 5) is 11.9. The van der Waals surface area contributed by atoms with Gasteiger partial charge in [-0.2, -0.15) is 5.26 Å². The summed E-state index contributed by atoms with van der Waals surface area (Å²) in [5.41, 5.74) is 1.32. The number of ether oxygens (including phenoxy) is 1. The Labute approximate surface area is 120 Å². The Bertz CT molecular complexity index is 498. The first kappa shape index (κ1) is 16.2. The third-order valence-electron chi connectivity index (χ3n) is 2.85. The Morgan fingerprint density at radius 2 is 2.15 bits per heavy atom. The van der Waals surface area contributed by atoms with Crippen molar-refractivity contribution < 1.29 is 9.53 Å². The van der Waals surface area contributed by atoms with Crippen LogP contribution in [0.3, 0.4) is 0 Å². The third-order valence-corrected chi connectivity index (χ3v) is 2.85. The first-order valence-corrected chi connectivity index (χ1v) is 6.74. The molecule has 20 heavy (non-hydrogen) atoms. The highest BCUT2D eigenvalue weighted by atomic mass is 16.5. The fourth-order valence-electron chi connectivity index (χ4n) is 1.53. The lowest BCUT2D eigenvalue weighted by Crippen LogP contribution is -2.28. The molecule has 0 bridgehead atoms. The second-order valence-electron chi connectivity index (χ2n) is 6.01. The van der Waals surface area contributed by atoms with E-state index in [1.165, 1.54) is 0 Å². The van der Waals surface area contributed by atoms with Crippen LogP contribution in [0.25, 0.3) is 0 Å². The Kier molecular flexibility index (Phi) is 5.72. The predicted octanol–water partition coefficient (Wildman–Crippen LogP) is 3.34. The summed E-state index contributed by atoms with van der Waals surface area (Å²) in [6.45, 7) is 8.68. The van der Waals surface area contributed by atoms with E-state index in [2.05, 4.69) is 26.1 Å². The molecule has 0 heterocycles. The molecule has 0 aliphatic rings. The van der Waals surface area contributed by atoms with Crippen LogP contribution in [-0.4, -0.2) is 18.6 Å². The van der Waals surface area contributed by atoms with E-state index < -0.39 is 6.10 Å². The van der Waals surface area contributed by atoms with Gasteiger partial charge in [0.05, 0.1) is 11.6 Å². The molecule has 0 fully saturated rings. The van der Waals surface area contributed by atoms with Crippen molar-refractivity contribution in [2.24, 2.45) is 5.41 Å². The number of amides is 1. The fourth-order valence-corrected chi connectivity index (χ4v) is 1.53. The van der Waals surface area contributed by atoms with Gasteiger partial charge in [-0.05, 0) is 37.0 Å². The molecule has 1 aromatic rings. The highest BCUT2D eigenvalue weighted by Gasteiger charge is 2.16. The van der Waals surface area contributed by atoms with Gasteiger partial charge >= 0.3 is 0 Å². The number of anilines is 1. The van der Waals surface area contributed by atoms with Gasteiger partial charge in [0, 0.05) is 12.3 Å². The molecule has 1 unspecified atom stereocenters. The average molecular weight is 274 g/mol. The van der Waals surface area contributed by atoms with Crippen molar-refractivity contribution in [2.45, 2.75) is 40.2 Å². The van der Waals surface area contributed by atoms with Gasteiger partial charge in [0.2, 0.25) is 0 Å². The molecule has 0 aliphatic carbocycles. The van der Waals surface area contributed by atoms with E-state index in [1.807, 2.05) is 6.07 Å². The topological polar surface area (TPSA) is 62.1 Å². The number of nitrogens with one attached hydrogen (secondary N) is 1. The van der Waals surface area contributed by atoms with Gasteiger partial charge in [0.25, 0.3) is 5.91 Å². The number of nitriles is 1. The molecule has 0 saturated heterocycles. The van der Waals surface area contributed by atoms with Crippen molar-refractivity contribution in [1.82, 2.24) is 0 Å². The van der Waals surface area contributed by atoms with Crippen molar-refractivity contribution in [3.05, 3.63) is 29.8 Å². The first-order valence-electron chi connectivity index (χ1n) is 6.74. The molecular formula is C16H22N2O2. The largest absolute Gasteiger partial charge is 0.369 e. The Morgan fingerprint density at radius 1 is 1.45 bits per heavy atom. The Hall–Kier alpha value is -1.86. The van der Waals surface area contributed by atoms with E-state index in [9.17, 15) is 4.79 Å². The quantitative estimate of drug-likeness (QED) is 0.895. The molecule has 1 aromatic carbocycles. The van der Waals surface area contributed by atoms with Gasteiger partial charge in [-0.15, -0.1) is 0 Å². The van der Waals surface area contributed by atoms with E-state index in [0.717, 1.165) is 6.42 Å². The number of carbonyl (C=O) groups is 1. The van der Waals surface area contributed by atoms with Crippen LogP contribution in [0.1, 0.15) is 39.7 Å². The number of rotatable bonds is 5. The minimum Gasteiger partial charge on any atom is -0.369 e. The summed E-state index contributed by atoms with van der Waals surface area (Å²) in [5, 5.41) is 11.6. The van der Waals surface area contributed by atoms with E-state index >= 15 is 0 Å². The second-order valence-corrected chi connectivity index (χ2v) is 6.01. The van der Waals surface area contributed by atoms with Crippen molar-refractivity contribution in [3.8, 4) is 6.07 Å². The minimum absolute atomic E-state index is 0.192. The van der Waals surface area contributed by atoms with Crippen LogP contribution in [-0.2, 0) is 9.53 Å². The first-order chi connectivity index (χ1) is 9.31. The molecule has 1 rings (SSSR count). The van der Waals surface area contributed by atoms with Crippen molar-refractivity contribution in [3.63, 3.8) is 0 Å². The molecule has 0 radical (unpaired) electrons. The number of carbonyl (C=O) groups excluding carboxylic acids is 1. The Balaban J connectivity index is 2.47. The summed E-state index contributed by atoms with van der Waals surface area (Å²) in [6, 6.07) is 8.86. The van der Waals surface area contributed by atoms with Gasteiger partial charge in [0.1, 0.15) is 6.10 Å². The zero-order valence-corrected chi connectivity index (χ0v) is 12.6. The van der Waals surface area contributed by atoms with Crippen molar-refractivity contribution in [1.29, 1.82) is 5.26 Å². The van der Waals surface area contributed by atoms with Crippen LogP contribution in [0.15, 0.2) is 24.3 Å². The third kappa shape index (κ3) is 5.85. The molecule has 0 aliphatic heterocycles. The van der Waals surface area contributed by atoms with Crippen LogP contribution >= 0.6 is 0 Å². The molecular weight excluding hydrogens is 252 g/mol. The van der Waals surface area contributed by atoms with Gasteiger partial charge < -0.3 is 10.1 Å². The maximum Gasteiger partial charge on any atom is 0.253 e. The zero-order valence-electron chi connectivity index (χ0n) is 12.6. The molecule has 4 nitrogen and oxygen atoms in total. The average Bonchev–Trinajstić information content (AvgIpc) is 2.37. The summed E-state index contributed by atoms with van der Waals surface area (Å²) in [5.74, 6) is -0.200. The molecule has 1 atom stereocenters. The molecule has 4 heteroatoms. The van der Waals surface area contributed by atoms with E-state index in [-0.39, 0.29) is 11.3 Å². The molecule has 0 aromatic heterocycles. The van der Waals surface area contributed by atoms with Crippen LogP contribution in [0, 0.1) is 16.7 Å². The monoisotopic (exact) mass is 274 g/mol. The van der Waals surface area contributed by atoms with Gasteiger partial charge in [-0.25, -0.2) is 0 Å². The molecule has 1 amide bonds. The number of benzene rings is 1. The number of hydrogen-bond donors (Lipinski definition) is 1. The van der Waals surface area contributed by atoms with Crippen LogP contribution in [0.4, 0.5) is 5.69 Å². The SMILES string of the molecule is CC(OCCC(C)(C)C)C(=O)Nc1cccc(C#N)c1. The molecule has 108 valence electrons. The maximum absolute atomic E-state index is 11.9. The lowest BCUT2D eigenvalue weighted by atomic mass is 9.93. The van der Waals surface area contributed by atoms with E-state index in [0.29, 0.717) is 17.9 Å². The smallest absolute Gasteiger partial charge is 0.253 e. The highest BCUT2D eigenvalue weighted by Crippen LogP contribution is 2.18. The zero-order chi connectivity index (χ0) is 15.2. The normalized spacial score (nSPS) is 12.6. The van der Waals surface area contributed by atoms with Crippen LogP contribution in [0.2, 0.25) is 0 Å². The van der Waals surface area contributed by atoms with Crippen LogP contribution < -0.4 is 5.32 Å². The lowest BCUT2D eigenvalue weighted by Gasteiger charge is -2.20. The minimum atomic E-state index is -0.511. The predicted molar refractivity (Wildman–Crippen MR) is 79.3 cm³/mol. The summed E-state index contributed by atoms with van der Waals surface area (Å²) >= 11 is 0. The van der Waals surface area contributed by atoms with E-state index in [1.54, 1.807) is 31.2 Å². The highest BCUT2D eigenvalue weighted by molar-refractivity contribution is 5.94. The Morgan fingerprint density at radius 3 is 2.75 bits per heavy atom.